The molecule has 2 rings (SSSR count). The van der Waals surface area contributed by atoms with Crippen LogP contribution in [0.1, 0.15) is 37.1 Å². The molecule has 0 amide bonds. The second kappa shape index (κ2) is 4.86. The zero-order chi connectivity index (χ0) is 11.6. The van der Waals surface area contributed by atoms with Crippen LogP contribution in [0.5, 0.6) is 0 Å². The van der Waals surface area contributed by atoms with Gasteiger partial charge in [0.15, 0.2) is 0 Å². The van der Waals surface area contributed by atoms with Gasteiger partial charge in [0.2, 0.25) is 0 Å². The lowest BCUT2D eigenvalue weighted by atomic mass is 9.99. The van der Waals surface area contributed by atoms with E-state index >= 15 is 0 Å². The molecule has 2 heterocycles. The van der Waals surface area contributed by atoms with E-state index in [1.807, 2.05) is 11.3 Å². The molecule has 3 heteroatoms. The number of fused-ring (bicyclic) bond motifs is 1. The molecule has 16 heavy (non-hydrogen) atoms. The van der Waals surface area contributed by atoms with Gasteiger partial charge in [0.1, 0.15) is 0 Å². The lowest BCUT2D eigenvalue weighted by molar-refractivity contribution is 0.243. The van der Waals surface area contributed by atoms with Gasteiger partial charge in [-0.25, -0.2) is 0 Å². The first-order valence-corrected chi connectivity index (χ1v) is 6.99. The Morgan fingerprint density at radius 3 is 3.06 bits per heavy atom. The molecule has 0 aliphatic carbocycles. The monoisotopic (exact) mass is 238 g/mol. The molecule has 0 saturated carbocycles. The third-order valence-corrected chi connectivity index (χ3v) is 4.21. The highest BCUT2D eigenvalue weighted by atomic mass is 32.1. The van der Waals surface area contributed by atoms with Gasteiger partial charge in [-0.2, -0.15) is 0 Å². The van der Waals surface area contributed by atoms with Gasteiger partial charge in [0.25, 0.3) is 0 Å². The standard InChI is InChI=1S/C13H22N2S/c1-13(2,14)6-3-7-15-8-4-12-11(10-15)5-9-16-12/h5,9H,3-4,6-8,10,14H2,1-2H3. The van der Waals surface area contributed by atoms with E-state index in [0.29, 0.717) is 0 Å². The fraction of sp³-hybridized carbons (Fsp3) is 0.692. The molecular weight excluding hydrogens is 216 g/mol. The normalized spacial score (nSPS) is 17.4. The SMILES string of the molecule is CC(C)(N)CCCN1CCc2sccc2C1. The predicted molar refractivity (Wildman–Crippen MR) is 70.8 cm³/mol. The molecule has 0 radical (unpaired) electrons. The van der Waals surface area contributed by atoms with Crippen molar-refractivity contribution in [1.29, 1.82) is 0 Å². The van der Waals surface area contributed by atoms with E-state index in [2.05, 4.69) is 30.2 Å². The molecule has 0 unspecified atom stereocenters. The second-order valence-electron chi connectivity index (χ2n) is 5.49. The first-order chi connectivity index (χ1) is 7.54. The first kappa shape index (κ1) is 12.1. The molecule has 0 spiro atoms. The number of rotatable bonds is 4. The van der Waals surface area contributed by atoms with E-state index < -0.39 is 0 Å². The van der Waals surface area contributed by atoms with Crippen LogP contribution in [0.4, 0.5) is 0 Å². The maximum Gasteiger partial charge on any atom is 0.0244 e. The fourth-order valence-electron chi connectivity index (χ4n) is 2.26. The Morgan fingerprint density at radius 1 is 1.50 bits per heavy atom. The van der Waals surface area contributed by atoms with E-state index in [1.165, 1.54) is 25.9 Å². The van der Waals surface area contributed by atoms with Gasteiger partial charge < -0.3 is 5.73 Å². The van der Waals surface area contributed by atoms with Crippen molar-refractivity contribution in [2.24, 2.45) is 5.73 Å². The van der Waals surface area contributed by atoms with Gasteiger partial charge in [-0.05, 0) is 56.7 Å². The smallest absolute Gasteiger partial charge is 0.0244 e. The molecule has 2 nitrogen and oxygen atoms in total. The van der Waals surface area contributed by atoms with Crippen LogP contribution >= 0.6 is 11.3 Å². The lowest BCUT2D eigenvalue weighted by Gasteiger charge is -2.28. The van der Waals surface area contributed by atoms with Crippen molar-refractivity contribution >= 4 is 11.3 Å². The molecule has 0 aromatic carbocycles. The predicted octanol–water partition coefficient (Wildman–Crippen LogP) is 2.62. The molecule has 0 fully saturated rings. The Balaban J connectivity index is 1.77. The Labute approximate surface area is 102 Å². The molecule has 1 aromatic rings. The molecule has 0 bridgehead atoms. The van der Waals surface area contributed by atoms with Crippen LogP contribution in [0.25, 0.3) is 0 Å². The van der Waals surface area contributed by atoms with Crippen molar-refractivity contribution in [3.63, 3.8) is 0 Å². The van der Waals surface area contributed by atoms with E-state index in [9.17, 15) is 0 Å². The van der Waals surface area contributed by atoms with Crippen molar-refractivity contribution in [1.82, 2.24) is 4.90 Å². The zero-order valence-electron chi connectivity index (χ0n) is 10.3. The Hall–Kier alpha value is -0.380. The van der Waals surface area contributed by atoms with Gasteiger partial charge in [-0.1, -0.05) is 0 Å². The minimum atomic E-state index is -0.0106. The molecule has 1 aromatic heterocycles. The Morgan fingerprint density at radius 2 is 2.31 bits per heavy atom. The van der Waals surface area contributed by atoms with Crippen LogP contribution in [0.2, 0.25) is 0 Å². The minimum absolute atomic E-state index is 0.0106. The largest absolute Gasteiger partial charge is 0.326 e. The molecule has 2 N–H and O–H groups in total. The summed E-state index contributed by atoms with van der Waals surface area (Å²) in [5, 5.41) is 2.22. The van der Waals surface area contributed by atoms with E-state index in [-0.39, 0.29) is 5.54 Å². The highest BCUT2D eigenvalue weighted by Crippen LogP contribution is 2.24. The minimum Gasteiger partial charge on any atom is -0.326 e. The van der Waals surface area contributed by atoms with Crippen molar-refractivity contribution in [2.45, 2.75) is 45.2 Å². The van der Waals surface area contributed by atoms with Gasteiger partial charge in [0, 0.05) is 23.5 Å². The summed E-state index contributed by atoms with van der Waals surface area (Å²) in [5.41, 5.74) is 7.53. The fourth-order valence-corrected chi connectivity index (χ4v) is 3.15. The van der Waals surface area contributed by atoms with Gasteiger partial charge in [0.05, 0.1) is 0 Å². The average molecular weight is 238 g/mol. The lowest BCUT2D eigenvalue weighted by Crippen LogP contribution is -2.35. The Bertz CT molecular complexity index is 338. The Kier molecular flexibility index (Phi) is 3.67. The van der Waals surface area contributed by atoms with E-state index in [0.717, 1.165) is 13.0 Å². The summed E-state index contributed by atoms with van der Waals surface area (Å²) in [7, 11) is 0. The van der Waals surface area contributed by atoms with Crippen LogP contribution in [-0.2, 0) is 13.0 Å². The van der Waals surface area contributed by atoms with Crippen molar-refractivity contribution < 1.29 is 0 Å². The van der Waals surface area contributed by atoms with Gasteiger partial charge in [-0.3, -0.25) is 4.90 Å². The third kappa shape index (κ3) is 3.30. The van der Waals surface area contributed by atoms with Crippen LogP contribution in [0, 0.1) is 0 Å². The summed E-state index contributed by atoms with van der Waals surface area (Å²) in [5.74, 6) is 0. The van der Waals surface area contributed by atoms with Crippen LogP contribution in [0.15, 0.2) is 11.4 Å². The van der Waals surface area contributed by atoms with Crippen molar-refractivity contribution in [2.75, 3.05) is 13.1 Å². The van der Waals surface area contributed by atoms with Crippen LogP contribution in [-0.4, -0.2) is 23.5 Å². The summed E-state index contributed by atoms with van der Waals surface area (Å²) in [6.07, 6.45) is 3.56. The number of hydrogen-bond acceptors (Lipinski definition) is 3. The molecule has 1 aliphatic rings. The number of thiophene rings is 1. The number of hydrogen-bond donors (Lipinski definition) is 1. The van der Waals surface area contributed by atoms with Gasteiger partial charge in [-0.15, -0.1) is 11.3 Å². The molecule has 0 atom stereocenters. The number of nitrogens with zero attached hydrogens (tertiary/aromatic N) is 1. The van der Waals surface area contributed by atoms with Crippen LogP contribution < -0.4 is 5.73 Å². The van der Waals surface area contributed by atoms with Gasteiger partial charge >= 0.3 is 0 Å². The topological polar surface area (TPSA) is 29.3 Å². The summed E-state index contributed by atoms with van der Waals surface area (Å²) in [4.78, 5) is 4.15. The molecular formula is C13H22N2S. The molecule has 90 valence electrons. The summed E-state index contributed by atoms with van der Waals surface area (Å²) in [6, 6.07) is 2.28. The van der Waals surface area contributed by atoms with E-state index in [1.54, 1.807) is 10.4 Å². The zero-order valence-corrected chi connectivity index (χ0v) is 11.1. The number of nitrogens with two attached hydrogens (primary N) is 1. The summed E-state index contributed by atoms with van der Waals surface area (Å²) in [6.45, 7) is 7.78. The average Bonchev–Trinajstić information content (AvgIpc) is 2.62. The second-order valence-corrected chi connectivity index (χ2v) is 6.49. The van der Waals surface area contributed by atoms with Crippen molar-refractivity contribution in [3.05, 3.63) is 21.9 Å². The highest BCUT2D eigenvalue weighted by Gasteiger charge is 2.17. The quantitative estimate of drug-likeness (QED) is 0.873. The van der Waals surface area contributed by atoms with E-state index in [4.69, 9.17) is 5.73 Å². The summed E-state index contributed by atoms with van der Waals surface area (Å²) >= 11 is 1.91. The molecule has 0 saturated heterocycles. The maximum atomic E-state index is 5.99. The van der Waals surface area contributed by atoms with Crippen LogP contribution in [0.3, 0.4) is 0 Å². The first-order valence-electron chi connectivity index (χ1n) is 6.11. The third-order valence-electron chi connectivity index (χ3n) is 3.18. The summed E-state index contributed by atoms with van der Waals surface area (Å²) < 4.78 is 0. The van der Waals surface area contributed by atoms with Crippen molar-refractivity contribution in [3.8, 4) is 0 Å². The molecule has 1 aliphatic heterocycles. The maximum absolute atomic E-state index is 5.99. The highest BCUT2D eigenvalue weighted by molar-refractivity contribution is 7.10.